The molecule has 1 amide bonds. The topological polar surface area (TPSA) is 106 Å². The Bertz CT molecular complexity index is 988. The Kier molecular flexibility index (Phi) is 6.51. The number of ether oxygens (including phenoxy) is 1. The third kappa shape index (κ3) is 5.11. The first-order valence-corrected chi connectivity index (χ1v) is 10.8. The van der Waals surface area contributed by atoms with E-state index in [1.165, 1.54) is 47.8 Å². The molecular formula is C19H20ClN3O5S. The monoisotopic (exact) mass is 437 g/mol. The standard InChI is InChI=1S/C19H20ClN3O5S/c1-13(18(24)22-17-9-6-15(20)12-21-17)28-19(25)14-4-7-16(8-5-14)29(26,27)23-10-2-3-11-23/h4-9,12-13H,2-3,10-11H2,1H3,(H,21,22,24)/t13-/m1/s1. The number of hydrogen-bond donors (Lipinski definition) is 1. The predicted molar refractivity (Wildman–Crippen MR) is 107 cm³/mol. The number of pyridine rings is 1. The molecule has 1 aliphatic heterocycles. The van der Waals surface area contributed by atoms with Gasteiger partial charge in [-0.05, 0) is 56.2 Å². The number of esters is 1. The van der Waals surface area contributed by atoms with Crippen LogP contribution in [0.1, 0.15) is 30.1 Å². The number of nitrogens with zero attached hydrogens (tertiary/aromatic N) is 2. The summed E-state index contributed by atoms with van der Waals surface area (Å²) in [7, 11) is -3.55. The minimum absolute atomic E-state index is 0.121. The van der Waals surface area contributed by atoms with Gasteiger partial charge in [-0.25, -0.2) is 18.2 Å². The lowest BCUT2D eigenvalue weighted by atomic mass is 10.2. The van der Waals surface area contributed by atoms with E-state index in [2.05, 4.69) is 10.3 Å². The van der Waals surface area contributed by atoms with E-state index >= 15 is 0 Å². The van der Waals surface area contributed by atoms with Gasteiger partial charge in [0.1, 0.15) is 5.82 Å². The molecule has 1 atom stereocenters. The number of carbonyl (C=O) groups excluding carboxylic acids is 2. The van der Waals surface area contributed by atoms with E-state index in [1.54, 1.807) is 6.07 Å². The van der Waals surface area contributed by atoms with Crippen LogP contribution in [0, 0.1) is 0 Å². The van der Waals surface area contributed by atoms with Gasteiger partial charge in [-0.15, -0.1) is 0 Å². The van der Waals surface area contributed by atoms with Crippen molar-refractivity contribution in [2.45, 2.75) is 30.8 Å². The van der Waals surface area contributed by atoms with Crippen LogP contribution in [0.5, 0.6) is 0 Å². The highest BCUT2D eigenvalue weighted by Gasteiger charge is 2.27. The van der Waals surface area contributed by atoms with Crippen LogP contribution in [0.15, 0.2) is 47.5 Å². The van der Waals surface area contributed by atoms with Gasteiger partial charge in [0.05, 0.1) is 15.5 Å². The highest BCUT2D eigenvalue weighted by atomic mass is 35.5. The van der Waals surface area contributed by atoms with E-state index in [-0.39, 0.29) is 16.3 Å². The van der Waals surface area contributed by atoms with Crippen molar-refractivity contribution in [3.63, 3.8) is 0 Å². The second-order valence-corrected chi connectivity index (χ2v) is 8.91. The van der Waals surface area contributed by atoms with Crippen LogP contribution < -0.4 is 5.32 Å². The molecule has 10 heteroatoms. The van der Waals surface area contributed by atoms with Crippen molar-refractivity contribution in [3.05, 3.63) is 53.2 Å². The number of sulfonamides is 1. The Balaban J connectivity index is 1.61. The highest BCUT2D eigenvalue weighted by Crippen LogP contribution is 2.21. The van der Waals surface area contributed by atoms with Crippen LogP contribution in [0.25, 0.3) is 0 Å². The summed E-state index contributed by atoms with van der Waals surface area (Å²) in [5.74, 6) is -1.01. The Labute approximate surface area is 173 Å². The van der Waals surface area contributed by atoms with E-state index in [0.29, 0.717) is 18.1 Å². The van der Waals surface area contributed by atoms with Gasteiger partial charge < -0.3 is 10.1 Å². The number of anilines is 1. The Hall–Kier alpha value is -2.49. The molecule has 1 aliphatic rings. The van der Waals surface area contributed by atoms with Crippen molar-refractivity contribution < 1.29 is 22.7 Å². The first-order chi connectivity index (χ1) is 13.8. The van der Waals surface area contributed by atoms with Crippen LogP contribution in [-0.2, 0) is 19.6 Å². The molecule has 29 heavy (non-hydrogen) atoms. The zero-order chi connectivity index (χ0) is 21.0. The van der Waals surface area contributed by atoms with Crippen molar-refractivity contribution >= 4 is 39.3 Å². The predicted octanol–water partition coefficient (Wildman–Crippen LogP) is 2.70. The Morgan fingerprint density at radius 1 is 1.14 bits per heavy atom. The number of benzene rings is 1. The van der Waals surface area contributed by atoms with Crippen LogP contribution in [0.4, 0.5) is 5.82 Å². The van der Waals surface area contributed by atoms with Crippen molar-refractivity contribution in [3.8, 4) is 0 Å². The SMILES string of the molecule is C[C@@H](OC(=O)c1ccc(S(=O)(=O)N2CCCC2)cc1)C(=O)Nc1ccc(Cl)cn1. The van der Waals surface area contributed by atoms with E-state index in [4.69, 9.17) is 16.3 Å². The van der Waals surface area contributed by atoms with Crippen molar-refractivity contribution in [2.24, 2.45) is 0 Å². The van der Waals surface area contributed by atoms with Gasteiger partial charge in [0.2, 0.25) is 10.0 Å². The summed E-state index contributed by atoms with van der Waals surface area (Å²) in [4.78, 5) is 28.5. The fourth-order valence-corrected chi connectivity index (χ4v) is 4.43. The molecule has 1 fully saturated rings. The van der Waals surface area contributed by atoms with Crippen LogP contribution in [-0.4, -0.2) is 48.8 Å². The van der Waals surface area contributed by atoms with Gasteiger partial charge in [-0.1, -0.05) is 11.6 Å². The lowest BCUT2D eigenvalue weighted by molar-refractivity contribution is -0.123. The minimum atomic E-state index is -3.55. The van der Waals surface area contributed by atoms with Gasteiger partial charge in [0.15, 0.2) is 6.10 Å². The Morgan fingerprint density at radius 3 is 2.38 bits per heavy atom. The van der Waals surface area contributed by atoms with Crippen LogP contribution in [0.3, 0.4) is 0 Å². The van der Waals surface area contributed by atoms with Gasteiger partial charge >= 0.3 is 5.97 Å². The molecule has 3 rings (SSSR count). The van der Waals surface area contributed by atoms with E-state index < -0.39 is 28.0 Å². The van der Waals surface area contributed by atoms with Gasteiger partial charge in [-0.3, -0.25) is 4.79 Å². The molecule has 1 saturated heterocycles. The number of aromatic nitrogens is 1. The molecule has 1 aromatic heterocycles. The summed E-state index contributed by atoms with van der Waals surface area (Å²) in [6.45, 7) is 2.43. The number of hydrogen-bond acceptors (Lipinski definition) is 6. The van der Waals surface area contributed by atoms with Gasteiger partial charge in [-0.2, -0.15) is 4.31 Å². The highest BCUT2D eigenvalue weighted by molar-refractivity contribution is 7.89. The summed E-state index contributed by atoms with van der Waals surface area (Å²) in [5, 5.41) is 2.94. The average molecular weight is 438 g/mol. The molecule has 2 heterocycles. The van der Waals surface area contributed by atoms with Crippen molar-refractivity contribution in [1.82, 2.24) is 9.29 Å². The molecule has 0 spiro atoms. The quantitative estimate of drug-likeness (QED) is 0.696. The number of amides is 1. The zero-order valence-corrected chi connectivity index (χ0v) is 17.2. The fraction of sp³-hybridized carbons (Fsp3) is 0.316. The second-order valence-electron chi connectivity index (χ2n) is 6.53. The maximum Gasteiger partial charge on any atom is 0.338 e. The van der Waals surface area contributed by atoms with Crippen LogP contribution >= 0.6 is 11.6 Å². The number of carbonyl (C=O) groups is 2. The molecule has 0 aliphatic carbocycles. The van der Waals surface area contributed by atoms with Crippen LogP contribution in [0.2, 0.25) is 5.02 Å². The summed E-state index contributed by atoms with van der Waals surface area (Å²) >= 11 is 5.74. The first-order valence-electron chi connectivity index (χ1n) is 9.01. The summed E-state index contributed by atoms with van der Waals surface area (Å²) in [6.07, 6.45) is 1.99. The fourth-order valence-electron chi connectivity index (χ4n) is 2.80. The molecule has 0 radical (unpaired) electrons. The normalized spacial score (nSPS) is 15.7. The maximum atomic E-state index is 12.5. The minimum Gasteiger partial charge on any atom is -0.449 e. The lowest BCUT2D eigenvalue weighted by Crippen LogP contribution is -2.30. The Morgan fingerprint density at radius 2 is 1.79 bits per heavy atom. The average Bonchev–Trinajstić information content (AvgIpc) is 3.25. The summed E-state index contributed by atoms with van der Waals surface area (Å²) in [6, 6.07) is 8.57. The second kappa shape index (κ2) is 8.89. The number of nitrogens with one attached hydrogen (secondary N) is 1. The molecule has 1 aromatic carbocycles. The molecule has 1 N–H and O–H groups in total. The molecule has 8 nitrogen and oxygen atoms in total. The molecule has 0 unspecified atom stereocenters. The van der Waals surface area contributed by atoms with E-state index in [9.17, 15) is 18.0 Å². The third-order valence-corrected chi connectivity index (χ3v) is 6.56. The third-order valence-electron chi connectivity index (χ3n) is 4.42. The molecule has 0 saturated carbocycles. The van der Waals surface area contributed by atoms with Gasteiger partial charge in [0.25, 0.3) is 5.91 Å². The van der Waals surface area contributed by atoms with Gasteiger partial charge in [0, 0.05) is 19.3 Å². The van der Waals surface area contributed by atoms with E-state index in [1.807, 2.05) is 0 Å². The zero-order valence-electron chi connectivity index (χ0n) is 15.7. The number of halogens is 1. The maximum absolute atomic E-state index is 12.5. The summed E-state index contributed by atoms with van der Waals surface area (Å²) < 4.78 is 31.6. The van der Waals surface area contributed by atoms with Crippen molar-refractivity contribution in [1.29, 1.82) is 0 Å². The van der Waals surface area contributed by atoms with E-state index in [0.717, 1.165) is 12.8 Å². The number of rotatable bonds is 6. The lowest BCUT2D eigenvalue weighted by Gasteiger charge is -2.16. The molecular weight excluding hydrogens is 418 g/mol. The largest absolute Gasteiger partial charge is 0.449 e. The van der Waals surface area contributed by atoms with Crippen molar-refractivity contribution in [2.75, 3.05) is 18.4 Å². The first kappa shape index (κ1) is 21.2. The molecule has 2 aromatic rings. The molecule has 154 valence electrons. The summed E-state index contributed by atoms with van der Waals surface area (Å²) in [5.41, 5.74) is 0.148. The molecule has 0 bridgehead atoms. The smallest absolute Gasteiger partial charge is 0.338 e.